The van der Waals surface area contributed by atoms with Crippen LogP contribution in [0.25, 0.3) is 10.2 Å². The van der Waals surface area contributed by atoms with E-state index in [-0.39, 0.29) is 6.01 Å². The summed E-state index contributed by atoms with van der Waals surface area (Å²) in [6.07, 6.45) is 8.29. The second-order valence-electron chi connectivity index (χ2n) is 7.15. The average molecular weight is 456 g/mol. The Morgan fingerprint density at radius 3 is 2.94 bits per heavy atom. The molecule has 33 heavy (non-hydrogen) atoms. The van der Waals surface area contributed by atoms with Crippen LogP contribution in [0.4, 0.5) is 0 Å². The van der Waals surface area contributed by atoms with Gasteiger partial charge in [-0.15, -0.1) is 11.3 Å². The van der Waals surface area contributed by atoms with Crippen LogP contribution >= 0.6 is 11.3 Å². The number of benzene rings is 1. The number of fused-ring (bicyclic) bond motifs is 1. The fourth-order valence-corrected chi connectivity index (χ4v) is 4.18. The molecule has 0 amide bonds. The van der Waals surface area contributed by atoms with Crippen LogP contribution in [0.5, 0.6) is 6.01 Å². The zero-order valence-corrected chi connectivity index (χ0v) is 18.8. The lowest BCUT2D eigenvalue weighted by atomic mass is 10.1. The van der Waals surface area contributed by atoms with E-state index in [1.165, 1.54) is 11.3 Å². The summed E-state index contributed by atoms with van der Waals surface area (Å²) in [4.78, 5) is 17.3. The monoisotopic (exact) mass is 455 g/mol. The molecular formula is C24H21N7OS. The molecule has 4 rings (SSSR count). The highest BCUT2D eigenvalue weighted by atomic mass is 32.1. The Bertz CT molecular complexity index is 1290. The van der Waals surface area contributed by atoms with Crippen molar-refractivity contribution in [3.63, 3.8) is 0 Å². The molecule has 0 radical (unpaired) electrons. The molecule has 0 saturated heterocycles. The van der Waals surface area contributed by atoms with Gasteiger partial charge in [0.15, 0.2) is 0 Å². The molecule has 0 aliphatic carbocycles. The molecule has 0 saturated carbocycles. The minimum atomic E-state index is -0.609. The molecule has 3 aromatic heterocycles. The Morgan fingerprint density at radius 2 is 2.12 bits per heavy atom. The van der Waals surface area contributed by atoms with Gasteiger partial charge >= 0.3 is 6.01 Å². The maximum absolute atomic E-state index is 9.79. The summed E-state index contributed by atoms with van der Waals surface area (Å²) in [5, 5.41) is 16.5. The van der Waals surface area contributed by atoms with Gasteiger partial charge in [0.2, 0.25) is 0 Å². The highest BCUT2D eigenvalue weighted by Crippen LogP contribution is 2.30. The van der Waals surface area contributed by atoms with Gasteiger partial charge in [-0.2, -0.15) is 15.3 Å². The van der Waals surface area contributed by atoms with Crippen molar-refractivity contribution in [3.8, 4) is 12.1 Å². The molecule has 0 aliphatic heterocycles. The highest BCUT2D eigenvalue weighted by Gasteiger charge is 2.20. The summed E-state index contributed by atoms with van der Waals surface area (Å²) in [5.41, 5.74) is 3.40. The Balaban J connectivity index is 1.46. The van der Waals surface area contributed by atoms with E-state index in [1.54, 1.807) is 36.9 Å². The maximum atomic E-state index is 9.79. The average Bonchev–Trinajstić information content (AvgIpc) is 3.26. The van der Waals surface area contributed by atoms with Gasteiger partial charge in [-0.1, -0.05) is 30.8 Å². The standard InChI is InChI=1S/C24H21N7OS/c1-3-9-28-31(2)15-17-5-4-6-18(12-17)16-32-24-27-11-7-20(30-24)19(13-25)23-29-21-14-26-10-8-22(21)33-23/h3-12,14,19H,1,15-16H2,2H3. The largest absolute Gasteiger partial charge is 0.459 e. The Kier molecular flexibility index (Phi) is 6.97. The zero-order valence-electron chi connectivity index (χ0n) is 18.0. The molecule has 0 spiro atoms. The van der Waals surface area contributed by atoms with E-state index in [2.05, 4.69) is 43.8 Å². The van der Waals surface area contributed by atoms with Gasteiger partial charge < -0.3 is 4.74 Å². The molecule has 8 nitrogen and oxygen atoms in total. The first-order valence-corrected chi connectivity index (χ1v) is 11.0. The first-order valence-electron chi connectivity index (χ1n) is 10.2. The third-order valence-electron chi connectivity index (χ3n) is 4.67. The summed E-state index contributed by atoms with van der Waals surface area (Å²) in [5.74, 6) is -0.609. The van der Waals surface area contributed by atoms with E-state index in [0.29, 0.717) is 23.9 Å². The summed E-state index contributed by atoms with van der Waals surface area (Å²) >= 11 is 1.46. The van der Waals surface area contributed by atoms with Gasteiger partial charge in [-0.25, -0.2) is 9.97 Å². The van der Waals surface area contributed by atoms with Crippen molar-refractivity contribution in [3.05, 3.63) is 89.5 Å². The van der Waals surface area contributed by atoms with Crippen LogP contribution in [-0.4, -0.2) is 38.2 Å². The molecule has 0 aliphatic rings. The van der Waals surface area contributed by atoms with Crippen molar-refractivity contribution in [2.24, 2.45) is 5.10 Å². The molecule has 0 N–H and O–H groups in total. The maximum Gasteiger partial charge on any atom is 0.316 e. The number of ether oxygens (including phenoxy) is 1. The van der Waals surface area contributed by atoms with Gasteiger partial charge in [-0.3, -0.25) is 9.99 Å². The number of hydrogen-bond acceptors (Lipinski definition) is 9. The van der Waals surface area contributed by atoms with Crippen molar-refractivity contribution in [2.45, 2.75) is 19.1 Å². The van der Waals surface area contributed by atoms with E-state index >= 15 is 0 Å². The van der Waals surface area contributed by atoms with Crippen molar-refractivity contribution in [1.29, 1.82) is 5.26 Å². The SMILES string of the molecule is C=CC=NN(C)Cc1cccc(COc2nccc(C(C#N)c3nc4cnccc4s3)n2)c1. The number of rotatable bonds is 9. The molecule has 1 aromatic carbocycles. The van der Waals surface area contributed by atoms with Gasteiger partial charge in [-0.05, 0) is 29.3 Å². The summed E-state index contributed by atoms with van der Waals surface area (Å²) in [7, 11) is 1.90. The van der Waals surface area contributed by atoms with Gasteiger partial charge in [0, 0.05) is 25.7 Å². The topological polar surface area (TPSA) is 100 Å². The normalized spacial score (nSPS) is 11.9. The predicted octanol–water partition coefficient (Wildman–Crippen LogP) is 4.32. The quantitative estimate of drug-likeness (QED) is 0.274. The fourth-order valence-electron chi connectivity index (χ4n) is 3.19. The predicted molar refractivity (Wildman–Crippen MR) is 128 cm³/mol. The molecule has 3 heterocycles. The van der Waals surface area contributed by atoms with Gasteiger partial charge in [0.1, 0.15) is 17.5 Å². The van der Waals surface area contributed by atoms with Crippen molar-refractivity contribution >= 4 is 27.8 Å². The van der Waals surface area contributed by atoms with Crippen molar-refractivity contribution in [1.82, 2.24) is 24.9 Å². The molecule has 9 heteroatoms. The van der Waals surface area contributed by atoms with Crippen LogP contribution in [0.2, 0.25) is 0 Å². The Morgan fingerprint density at radius 1 is 1.24 bits per heavy atom. The number of hydrogen-bond donors (Lipinski definition) is 0. The summed E-state index contributed by atoms with van der Waals surface area (Å²) < 4.78 is 6.81. The number of allylic oxidation sites excluding steroid dienone is 1. The van der Waals surface area contributed by atoms with Crippen LogP contribution in [0.3, 0.4) is 0 Å². The molecule has 164 valence electrons. The minimum Gasteiger partial charge on any atom is -0.459 e. The Hall–Kier alpha value is -4.16. The van der Waals surface area contributed by atoms with E-state index in [4.69, 9.17) is 4.74 Å². The number of hydrazone groups is 1. The molecule has 1 atom stereocenters. The number of nitriles is 1. The first kappa shape index (κ1) is 22.0. The van der Waals surface area contributed by atoms with Crippen LogP contribution in [0.15, 0.2) is 72.7 Å². The second kappa shape index (κ2) is 10.4. The first-order chi connectivity index (χ1) is 16.2. The zero-order chi connectivity index (χ0) is 23.0. The number of thiazole rings is 1. The highest BCUT2D eigenvalue weighted by molar-refractivity contribution is 7.18. The molecule has 0 fully saturated rings. The lowest BCUT2D eigenvalue weighted by molar-refractivity contribution is 0.279. The van der Waals surface area contributed by atoms with Crippen LogP contribution in [-0.2, 0) is 13.2 Å². The summed E-state index contributed by atoms with van der Waals surface area (Å²) in [6, 6.07) is 14.2. The number of nitrogens with zero attached hydrogens (tertiary/aromatic N) is 7. The lowest BCUT2D eigenvalue weighted by Gasteiger charge is -2.13. The third kappa shape index (κ3) is 5.56. The molecular weight excluding hydrogens is 434 g/mol. The third-order valence-corrected chi connectivity index (χ3v) is 5.77. The van der Waals surface area contributed by atoms with Gasteiger partial charge in [0.25, 0.3) is 0 Å². The van der Waals surface area contributed by atoms with E-state index in [1.807, 2.05) is 36.3 Å². The fraction of sp³-hybridized carbons (Fsp3) is 0.167. The van der Waals surface area contributed by atoms with Crippen molar-refractivity contribution < 1.29 is 4.74 Å². The van der Waals surface area contributed by atoms with Crippen LogP contribution in [0, 0.1) is 11.3 Å². The number of aromatic nitrogens is 4. The number of pyridine rings is 1. The van der Waals surface area contributed by atoms with Crippen LogP contribution < -0.4 is 4.74 Å². The summed E-state index contributed by atoms with van der Waals surface area (Å²) in [6.45, 7) is 4.59. The lowest BCUT2D eigenvalue weighted by Crippen LogP contribution is -2.11. The molecule has 1 unspecified atom stereocenters. The van der Waals surface area contributed by atoms with E-state index in [0.717, 1.165) is 21.3 Å². The smallest absolute Gasteiger partial charge is 0.316 e. The van der Waals surface area contributed by atoms with E-state index < -0.39 is 5.92 Å². The second-order valence-corrected chi connectivity index (χ2v) is 8.21. The van der Waals surface area contributed by atoms with E-state index in [9.17, 15) is 5.26 Å². The van der Waals surface area contributed by atoms with Crippen molar-refractivity contribution in [2.75, 3.05) is 7.05 Å². The Labute approximate surface area is 195 Å². The molecule has 0 bridgehead atoms. The molecule has 4 aromatic rings. The van der Waals surface area contributed by atoms with Crippen LogP contribution in [0.1, 0.15) is 27.7 Å². The van der Waals surface area contributed by atoms with Gasteiger partial charge in [0.05, 0.1) is 34.7 Å². The minimum absolute atomic E-state index is 0.216.